The van der Waals surface area contributed by atoms with E-state index >= 15 is 0 Å². The van der Waals surface area contributed by atoms with Crippen molar-refractivity contribution in [2.45, 2.75) is 18.7 Å². The van der Waals surface area contributed by atoms with Crippen LogP contribution >= 0.6 is 27.5 Å². The number of rotatable bonds is 8. The molecule has 0 spiro atoms. The van der Waals surface area contributed by atoms with E-state index in [1.807, 2.05) is 0 Å². The van der Waals surface area contributed by atoms with Crippen LogP contribution in [0.4, 0.5) is 5.69 Å². The highest BCUT2D eigenvalue weighted by Gasteiger charge is 2.26. The van der Waals surface area contributed by atoms with Crippen LogP contribution in [-0.2, 0) is 14.8 Å². The standard InChI is InChI=1S/C18H20BrClN2O4S/c1-3-22(4-2)27(24,25)17-11-14(20)7-10-16(17)26-12-18(23)21-15-8-5-13(19)6-9-15/h5-11H,3-4,12H2,1-2H3,(H,21,23). The fourth-order valence-electron chi connectivity index (χ4n) is 2.38. The lowest BCUT2D eigenvalue weighted by Crippen LogP contribution is -2.31. The third-order valence-electron chi connectivity index (χ3n) is 3.72. The Hall–Kier alpha value is -1.61. The summed E-state index contributed by atoms with van der Waals surface area (Å²) in [5.74, 6) is -0.323. The third kappa shape index (κ3) is 5.68. The van der Waals surface area contributed by atoms with Crippen molar-refractivity contribution >= 4 is 49.1 Å². The molecule has 27 heavy (non-hydrogen) atoms. The van der Waals surface area contributed by atoms with Crippen LogP contribution in [0.15, 0.2) is 51.8 Å². The first-order chi connectivity index (χ1) is 12.8. The van der Waals surface area contributed by atoms with Crippen molar-refractivity contribution in [1.29, 1.82) is 0 Å². The number of sulfonamides is 1. The maximum atomic E-state index is 12.8. The van der Waals surface area contributed by atoms with E-state index in [2.05, 4.69) is 21.2 Å². The Labute approximate surface area is 172 Å². The van der Waals surface area contributed by atoms with Crippen LogP contribution in [0.1, 0.15) is 13.8 Å². The summed E-state index contributed by atoms with van der Waals surface area (Å²) in [5.41, 5.74) is 0.610. The lowest BCUT2D eigenvalue weighted by atomic mass is 10.3. The fraction of sp³-hybridized carbons (Fsp3) is 0.278. The number of nitrogens with zero attached hydrogens (tertiary/aromatic N) is 1. The van der Waals surface area contributed by atoms with Gasteiger partial charge in [-0.3, -0.25) is 4.79 Å². The first-order valence-electron chi connectivity index (χ1n) is 8.25. The smallest absolute Gasteiger partial charge is 0.262 e. The van der Waals surface area contributed by atoms with Gasteiger partial charge in [0.15, 0.2) is 6.61 Å². The summed E-state index contributed by atoms with van der Waals surface area (Å²) < 4.78 is 33.3. The van der Waals surface area contributed by atoms with Gasteiger partial charge in [0, 0.05) is 28.3 Å². The summed E-state index contributed by atoms with van der Waals surface area (Å²) in [5, 5.41) is 2.95. The predicted octanol–water partition coefficient (Wildman–Crippen LogP) is 4.15. The average molecular weight is 476 g/mol. The van der Waals surface area contributed by atoms with Gasteiger partial charge in [-0.2, -0.15) is 4.31 Å². The number of hydrogen-bond donors (Lipinski definition) is 1. The van der Waals surface area contributed by atoms with Crippen LogP contribution in [-0.4, -0.2) is 38.3 Å². The molecule has 2 rings (SSSR count). The second-order valence-electron chi connectivity index (χ2n) is 5.52. The monoisotopic (exact) mass is 474 g/mol. The molecule has 0 unspecified atom stereocenters. The Balaban J connectivity index is 2.17. The lowest BCUT2D eigenvalue weighted by molar-refractivity contribution is -0.118. The second-order valence-corrected chi connectivity index (χ2v) is 8.78. The van der Waals surface area contributed by atoms with E-state index in [1.165, 1.54) is 22.5 Å². The molecule has 6 nitrogen and oxygen atoms in total. The first-order valence-corrected chi connectivity index (χ1v) is 10.9. The Kier molecular flexibility index (Phi) is 7.67. The minimum atomic E-state index is -3.78. The van der Waals surface area contributed by atoms with Gasteiger partial charge in [0.1, 0.15) is 10.6 Å². The average Bonchev–Trinajstić information content (AvgIpc) is 2.63. The van der Waals surface area contributed by atoms with Crippen LogP contribution in [0.3, 0.4) is 0 Å². The number of hydrogen-bond acceptors (Lipinski definition) is 4. The molecule has 1 amide bonds. The number of anilines is 1. The van der Waals surface area contributed by atoms with Crippen LogP contribution in [0.25, 0.3) is 0 Å². The summed E-state index contributed by atoms with van der Waals surface area (Å²) in [7, 11) is -3.78. The number of halogens is 2. The number of ether oxygens (including phenoxy) is 1. The van der Waals surface area contributed by atoms with Gasteiger partial charge in [0.05, 0.1) is 0 Å². The van der Waals surface area contributed by atoms with Crippen LogP contribution in [0, 0.1) is 0 Å². The fourth-order valence-corrected chi connectivity index (χ4v) is 4.50. The normalized spacial score (nSPS) is 11.4. The van der Waals surface area contributed by atoms with Gasteiger partial charge >= 0.3 is 0 Å². The van der Waals surface area contributed by atoms with Crippen LogP contribution in [0.5, 0.6) is 5.75 Å². The topological polar surface area (TPSA) is 75.7 Å². The molecule has 0 aliphatic carbocycles. The number of benzene rings is 2. The SMILES string of the molecule is CCN(CC)S(=O)(=O)c1cc(Cl)ccc1OCC(=O)Nc1ccc(Br)cc1. The van der Waals surface area contributed by atoms with Gasteiger partial charge in [-0.15, -0.1) is 0 Å². The summed E-state index contributed by atoms with van der Waals surface area (Å²) in [6.07, 6.45) is 0. The molecule has 0 saturated heterocycles. The highest BCUT2D eigenvalue weighted by atomic mass is 79.9. The Morgan fingerprint density at radius 2 is 1.78 bits per heavy atom. The van der Waals surface area contributed by atoms with Crippen molar-refractivity contribution in [3.8, 4) is 5.75 Å². The molecule has 0 aliphatic heterocycles. The zero-order chi connectivity index (χ0) is 20.0. The van der Waals surface area contributed by atoms with Gasteiger partial charge in [0.25, 0.3) is 5.91 Å². The molecule has 0 aliphatic rings. The van der Waals surface area contributed by atoms with Crippen molar-refractivity contribution in [2.75, 3.05) is 25.0 Å². The van der Waals surface area contributed by atoms with E-state index in [0.717, 1.165) is 4.47 Å². The van der Waals surface area contributed by atoms with Crippen molar-refractivity contribution in [1.82, 2.24) is 4.31 Å². The Morgan fingerprint density at radius 1 is 1.15 bits per heavy atom. The van der Waals surface area contributed by atoms with Crippen molar-refractivity contribution in [3.63, 3.8) is 0 Å². The van der Waals surface area contributed by atoms with E-state index in [1.54, 1.807) is 38.1 Å². The molecule has 146 valence electrons. The summed E-state index contributed by atoms with van der Waals surface area (Å²) >= 11 is 9.29. The molecule has 0 fully saturated rings. The second kappa shape index (κ2) is 9.54. The van der Waals surface area contributed by atoms with Gasteiger partial charge in [-0.25, -0.2) is 8.42 Å². The molecule has 0 radical (unpaired) electrons. The van der Waals surface area contributed by atoms with E-state index in [-0.39, 0.29) is 22.3 Å². The largest absolute Gasteiger partial charge is 0.482 e. The highest BCUT2D eigenvalue weighted by molar-refractivity contribution is 9.10. The molecule has 0 saturated carbocycles. The number of amides is 1. The summed E-state index contributed by atoms with van der Waals surface area (Å²) in [4.78, 5) is 12.1. The van der Waals surface area contributed by atoms with Gasteiger partial charge in [-0.1, -0.05) is 41.4 Å². The van der Waals surface area contributed by atoms with Crippen molar-refractivity contribution in [3.05, 3.63) is 52.0 Å². The molecular weight excluding hydrogens is 456 g/mol. The minimum absolute atomic E-state index is 0.0601. The quantitative estimate of drug-likeness (QED) is 0.622. The molecule has 1 N–H and O–H groups in total. The first kappa shape index (κ1) is 21.7. The maximum absolute atomic E-state index is 12.8. The van der Waals surface area contributed by atoms with E-state index in [9.17, 15) is 13.2 Å². The van der Waals surface area contributed by atoms with Gasteiger partial charge in [-0.05, 0) is 42.5 Å². The molecule has 0 atom stereocenters. The summed E-state index contributed by atoms with van der Waals surface area (Å²) in [6, 6.07) is 11.4. The van der Waals surface area contributed by atoms with E-state index in [4.69, 9.17) is 16.3 Å². The molecule has 9 heteroatoms. The van der Waals surface area contributed by atoms with Crippen LogP contribution in [0.2, 0.25) is 5.02 Å². The maximum Gasteiger partial charge on any atom is 0.262 e. The Bertz CT molecular complexity index is 900. The molecule has 2 aromatic rings. The van der Waals surface area contributed by atoms with Gasteiger partial charge in [0.2, 0.25) is 10.0 Å². The molecular formula is C18H20BrClN2O4S. The van der Waals surface area contributed by atoms with E-state index in [0.29, 0.717) is 18.8 Å². The van der Waals surface area contributed by atoms with Crippen molar-refractivity contribution in [2.24, 2.45) is 0 Å². The molecule has 0 aromatic heterocycles. The zero-order valence-corrected chi connectivity index (χ0v) is 18.1. The number of nitrogens with one attached hydrogen (secondary N) is 1. The number of carbonyl (C=O) groups is 1. The summed E-state index contributed by atoms with van der Waals surface area (Å²) in [6.45, 7) is 3.79. The molecule has 2 aromatic carbocycles. The van der Waals surface area contributed by atoms with Gasteiger partial charge < -0.3 is 10.1 Å². The Morgan fingerprint density at radius 3 is 2.37 bits per heavy atom. The number of carbonyl (C=O) groups excluding carboxylic acids is 1. The molecule has 0 heterocycles. The van der Waals surface area contributed by atoms with E-state index < -0.39 is 15.9 Å². The van der Waals surface area contributed by atoms with Crippen LogP contribution < -0.4 is 10.1 Å². The van der Waals surface area contributed by atoms with Crippen molar-refractivity contribution < 1.29 is 17.9 Å². The third-order valence-corrected chi connectivity index (χ3v) is 6.55. The molecule has 0 bridgehead atoms. The lowest BCUT2D eigenvalue weighted by Gasteiger charge is -2.20. The minimum Gasteiger partial charge on any atom is -0.482 e. The highest BCUT2D eigenvalue weighted by Crippen LogP contribution is 2.30. The predicted molar refractivity (Wildman–Crippen MR) is 110 cm³/mol. The zero-order valence-electron chi connectivity index (χ0n) is 14.9.